The van der Waals surface area contributed by atoms with Crippen LogP contribution in [0.5, 0.6) is 11.5 Å². The second-order valence-electron chi connectivity index (χ2n) is 4.66. The quantitative estimate of drug-likeness (QED) is 0.833. The second-order valence-corrected chi connectivity index (χ2v) is 4.66. The van der Waals surface area contributed by atoms with Crippen LogP contribution in [0.2, 0.25) is 0 Å². The van der Waals surface area contributed by atoms with Crippen molar-refractivity contribution in [3.63, 3.8) is 0 Å². The topological polar surface area (TPSA) is 48.1 Å². The number of ether oxygens (including phenoxy) is 1. The lowest BCUT2D eigenvalue weighted by Crippen LogP contribution is -2.18. The molecule has 0 unspecified atom stereocenters. The highest BCUT2D eigenvalue weighted by Crippen LogP contribution is 2.44. The second kappa shape index (κ2) is 4.42. The molecule has 92 valence electrons. The van der Waals surface area contributed by atoms with Crippen molar-refractivity contribution in [2.24, 2.45) is 5.73 Å². The van der Waals surface area contributed by atoms with Gasteiger partial charge in [-0.05, 0) is 29.7 Å². The predicted molar refractivity (Wildman–Crippen MR) is 71.0 cm³/mol. The lowest BCUT2D eigenvalue weighted by Gasteiger charge is -2.20. The number of para-hydroxylation sites is 1. The zero-order valence-corrected chi connectivity index (χ0v) is 10.3. The zero-order valence-electron chi connectivity index (χ0n) is 10.3. The van der Waals surface area contributed by atoms with Gasteiger partial charge in [-0.25, -0.2) is 0 Å². The average Bonchev–Trinajstić information content (AvgIpc) is 2.53. The molecule has 2 aromatic rings. The number of hydrogen-bond donors (Lipinski definition) is 1. The highest BCUT2D eigenvalue weighted by Gasteiger charge is 2.29. The molecule has 2 atom stereocenters. The van der Waals surface area contributed by atoms with Crippen LogP contribution < -0.4 is 10.5 Å². The number of fused-ring (bicyclic) bond motifs is 2. The van der Waals surface area contributed by atoms with Gasteiger partial charge in [-0.3, -0.25) is 4.98 Å². The Morgan fingerprint density at radius 2 is 1.94 bits per heavy atom. The van der Waals surface area contributed by atoms with E-state index in [0.717, 1.165) is 17.2 Å². The van der Waals surface area contributed by atoms with Gasteiger partial charge in [0.05, 0.1) is 5.69 Å². The maximum Gasteiger partial charge on any atom is 0.149 e. The fourth-order valence-corrected chi connectivity index (χ4v) is 2.60. The lowest BCUT2D eigenvalue weighted by molar-refractivity contribution is 0.474. The van der Waals surface area contributed by atoms with Gasteiger partial charge in [-0.15, -0.1) is 0 Å². The molecule has 0 radical (unpaired) electrons. The maximum atomic E-state index is 5.99. The SMILES string of the molecule is C[C@H]1c2ccccc2Oc2cccnc2[C@H]1CN. The highest BCUT2D eigenvalue weighted by atomic mass is 16.5. The summed E-state index contributed by atoms with van der Waals surface area (Å²) in [7, 11) is 0. The van der Waals surface area contributed by atoms with Gasteiger partial charge in [0.2, 0.25) is 0 Å². The fraction of sp³-hybridized carbons (Fsp3) is 0.267. The summed E-state index contributed by atoms with van der Waals surface area (Å²) in [4.78, 5) is 4.46. The van der Waals surface area contributed by atoms with Crippen molar-refractivity contribution in [1.29, 1.82) is 0 Å². The molecule has 3 heteroatoms. The monoisotopic (exact) mass is 240 g/mol. The van der Waals surface area contributed by atoms with Crippen LogP contribution in [0, 0.1) is 0 Å². The van der Waals surface area contributed by atoms with Crippen molar-refractivity contribution in [2.75, 3.05) is 6.54 Å². The highest BCUT2D eigenvalue weighted by molar-refractivity contribution is 5.46. The van der Waals surface area contributed by atoms with Gasteiger partial charge < -0.3 is 10.5 Å². The summed E-state index contributed by atoms with van der Waals surface area (Å²) in [6.45, 7) is 2.76. The molecular weight excluding hydrogens is 224 g/mol. The molecule has 3 nitrogen and oxygen atoms in total. The Morgan fingerprint density at radius 3 is 2.78 bits per heavy atom. The summed E-state index contributed by atoms with van der Waals surface area (Å²) in [6, 6.07) is 12.0. The number of nitrogens with two attached hydrogens (primary N) is 1. The van der Waals surface area contributed by atoms with Crippen molar-refractivity contribution in [3.8, 4) is 11.5 Å². The maximum absolute atomic E-state index is 5.99. The van der Waals surface area contributed by atoms with E-state index >= 15 is 0 Å². The lowest BCUT2D eigenvalue weighted by atomic mass is 9.85. The van der Waals surface area contributed by atoms with Crippen LogP contribution >= 0.6 is 0 Å². The average molecular weight is 240 g/mol. The molecule has 18 heavy (non-hydrogen) atoms. The van der Waals surface area contributed by atoms with E-state index in [1.165, 1.54) is 5.56 Å². The molecule has 0 bridgehead atoms. The van der Waals surface area contributed by atoms with E-state index in [0.29, 0.717) is 12.5 Å². The van der Waals surface area contributed by atoms with Crippen molar-refractivity contribution < 1.29 is 4.74 Å². The molecule has 1 aromatic heterocycles. The molecule has 1 aliphatic heterocycles. The van der Waals surface area contributed by atoms with Crippen LogP contribution in [0.25, 0.3) is 0 Å². The third-order valence-corrected chi connectivity index (χ3v) is 3.64. The van der Waals surface area contributed by atoms with Crippen LogP contribution in [0.3, 0.4) is 0 Å². The summed E-state index contributed by atoms with van der Waals surface area (Å²) >= 11 is 0. The molecule has 0 spiro atoms. The Hall–Kier alpha value is -1.87. The molecule has 0 saturated heterocycles. The van der Waals surface area contributed by atoms with E-state index in [9.17, 15) is 0 Å². The van der Waals surface area contributed by atoms with Crippen molar-refractivity contribution in [1.82, 2.24) is 4.98 Å². The third kappa shape index (κ3) is 1.68. The van der Waals surface area contributed by atoms with E-state index in [1.54, 1.807) is 6.20 Å². The third-order valence-electron chi connectivity index (χ3n) is 3.64. The molecule has 0 fully saturated rings. The van der Waals surface area contributed by atoms with Crippen molar-refractivity contribution in [2.45, 2.75) is 18.8 Å². The number of aromatic nitrogens is 1. The van der Waals surface area contributed by atoms with Gasteiger partial charge in [-0.2, -0.15) is 0 Å². The Bertz CT molecular complexity index is 568. The molecule has 1 aliphatic rings. The molecule has 0 aliphatic carbocycles. The van der Waals surface area contributed by atoms with E-state index in [-0.39, 0.29) is 5.92 Å². The number of benzene rings is 1. The van der Waals surface area contributed by atoms with E-state index < -0.39 is 0 Å². The minimum absolute atomic E-state index is 0.199. The van der Waals surface area contributed by atoms with Gasteiger partial charge in [0, 0.05) is 18.7 Å². The van der Waals surface area contributed by atoms with Gasteiger partial charge >= 0.3 is 0 Å². The fourth-order valence-electron chi connectivity index (χ4n) is 2.60. The minimum Gasteiger partial charge on any atom is -0.455 e. The molecule has 0 amide bonds. The minimum atomic E-state index is 0.199. The van der Waals surface area contributed by atoms with Crippen molar-refractivity contribution >= 4 is 0 Å². The first kappa shape index (κ1) is 11.2. The van der Waals surface area contributed by atoms with E-state index in [4.69, 9.17) is 10.5 Å². The van der Waals surface area contributed by atoms with Gasteiger partial charge in [0.25, 0.3) is 0 Å². The van der Waals surface area contributed by atoms with E-state index in [2.05, 4.69) is 18.0 Å². The number of rotatable bonds is 1. The molecule has 0 saturated carbocycles. The Morgan fingerprint density at radius 1 is 1.17 bits per heavy atom. The number of pyridine rings is 1. The summed E-state index contributed by atoms with van der Waals surface area (Å²) in [5.74, 6) is 2.24. The largest absolute Gasteiger partial charge is 0.455 e. The van der Waals surface area contributed by atoms with Crippen LogP contribution in [-0.2, 0) is 0 Å². The first-order chi connectivity index (χ1) is 8.81. The predicted octanol–water partition coefficient (Wildman–Crippen LogP) is 3.03. The van der Waals surface area contributed by atoms with Crippen LogP contribution in [0.4, 0.5) is 0 Å². The van der Waals surface area contributed by atoms with Crippen LogP contribution in [-0.4, -0.2) is 11.5 Å². The molecular formula is C15H16N2O. The standard InChI is InChI=1S/C15H16N2O/c1-10-11-5-2-3-6-13(11)18-14-7-4-8-17-15(14)12(10)9-16/h2-8,10,12H,9,16H2,1H3/t10-,12-/m0/s1. The molecule has 1 aromatic carbocycles. The normalized spacial score (nSPS) is 21.4. The number of nitrogens with zero attached hydrogens (tertiary/aromatic N) is 1. The van der Waals surface area contributed by atoms with Gasteiger partial charge in [0.15, 0.2) is 0 Å². The summed E-state index contributed by atoms with van der Waals surface area (Å²) in [5, 5.41) is 0. The van der Waals surface area contributed by atoms with E-state index in [1.807, 2.05) is 30.3 Å². The summed E-state index contributed by atoms with van der Waals surface area (Å²) in [6.07, 6.45) is 1.80. The van der Waals surface area contributed by atoms with Gasteiger partial charge in [0.1, 0.15) is 11.5 Å². The van der Waals surface area contributed by atoms with Gasteiger partial charge in [-0.1, -0.05) is 25.1 Å². The Labute approximate surface area is 107 Å². The first-order valence-electron chi connectivity index (χ1n) is 6.23. The van der Waals surface area contributed by atoms with Crippen LogP contribution in [0.15, 0.2) is 42.6 Å². The first-order valence-corrected chi connectivity index (χ1v) is 6.23. The summed E-state index contributed by atoms with van der Waals surface area (Å²) < 4.78 is 5.99. The molecule has 2 heterocycles. The number of hydrogen-bond acceptors (Lipinski definition) is 3. The molecule has 3 rings (SSSR count). The summed E-state index contributed by atoms with van der Waals surface area (Å²) in [5.41, 5.74) is 8.10. The zero-order chi connectivity index (χ0) is 12.5. The van der Waals surface area contributed by atoms with Crippen molar-refractivity contribution in [3.05, 3.63) is 53.9 Å². The molecule has 2 N–H and O–H groups in total. The smallest absolute Gasteiger partial charge is 0.149 e. The Balaban J connectivity index is 2.20. The Kier molecular flexibility index (Phi) is 2.76. The van der Waals surface area contributed by atoms with Crippen LogP contribution in [0.1, 0.15) is 30.0 Å².